The lowest BCUT2D eigenvalue weighted by Crippen LogP contribution is -2.40. The fourth-order valence-corrected chi connectivity index (χ4v) is 4.08. The maximum atomic E-state index is 9.27. The first kappa shape index (κ1) is 8.55. The Hall–Kier alpha value is -0.0400. The zero-order chi connectivity index (χ0) is 9.20. The lowest BCUT2D eigenvalue weighted by molar-refractivity contribution is 0.000102. The molecule has 1 spiro atoms. The minimum Gasteiger partial charge on any atom is -0.396 e. The molecule has 2 saturated carbocycles. The van der Waals surface area contributed by atoms with E-state index in [2.05, 4.69) is 27.7 Å². The molecule has 1 heteroatoms. The molecule has 1 nitrogen and oxygen atoms in total. The average Bonchev–Trinajstić information content (AvgIpc) is 2.48. The Morgan fingerprint density at radius 2 is 1.75 bits per heavy atom. The van der Waals surface area contributed by atoms with E-state index in [4.69, 9.17) is 0 Å². The molecule has 2 aliphatic carbocycles. The first-order chi connectivity index (χ1) is 5.40. The molecule has 0 aliphatic heterocycles. The van der Waals surface area contributed by atoms with Crippen LogP contribution in [0.15, 0.2) is 0 Å². The number of aliphatic hydroxyl groups is 1. The summed E-state index contributed by atoms with van der Waals surface area (Å²) in [5.74, 6) is 0.564. The standard InChI is InChI=1S/C11H20O/c1-9(2)5-6-11(9)8(7-12)10(11,3)4/h8,12H,5-7H2,1-4H3. The number of hydrogen-bond acceptors (Lipinski definition) is 1. The molecule has 0 heterocycles. The Kier molecular flexibility index (Phi) is 1.35. The molecule has 2 fully saturated rings. The third-order valence-electron chi connectivity index (χ3n) is 5.07. The van der Waals surface area contributed by atoms with E-state index in [-0.39, 0.29) is 0 Å². The predicted molar refractivity (Wildman–Crippen MR) is 49.8 cm³/mol. The van der Waals surface area contributed by atoms with Crippen molar-refractivity contribution in [3.63, 3.8) is 0 Å². The molecule has 0 bridgehead atoms. The summed E-state index contributed by atoms with van der Waals surface area (Å²) in [5.41, 5.74) is 1.35. The molecule has 2 atom stereocenters. The van der Waals surface area contributed by atoms with Gasteiger partial charge in [-0.3, -0.25) is 0 Å². The first-order valence-corrected chi connectivity index (χ1v) is 5.01. The van der Waals surface area contributed by atoms with Crippen LogP contribution in [0.2, 0.25) is 0 Å². The maximum Gasteiger partial charge on any atom is 0.0470 e. The third kappa shape index (κ3) is 0.585. The zero-order valence-electron chi connectivity index (χ0n) is 8.65. The van der Waals surface area contributed by atoms with Crippen molar-refractivity contribution in [3.8, 4) is 0 Å². The van der Waals surface area contributed by atoms with Gasteiger partial charge in [-0.2, -0.15) is 0 Å². The van der Waals surface area contributed by atoms with Crippen molar-refractivity contribution in [1.29, 1.82) is 0 Å². The molecule has 2 unspecified atom stereocenters. The van der Waals surface area contributed by atoms with Crippen molar-refractivity contribution >= 4 is 0 Å². The van der Waals surface area contributed by atoms with Crippen molar-refractivity contribution in [2.24, 2.45) is 22.2 Å². The summed E-state index contributed by atoms with van der Waals surface area (Å²) in [6, 6.07) is 0. The molecule has 0 radical (unpaired) electrons. The second kappa shape index (κ2) is 1.89. The van der Waals surface area contributed by atoms with Crippen LogP contribution < -0.4 is 0 Å². The van der Waals surface area contributed by atoms with Gasteiger partial charge in [-0.1, -0.05) is 27.7 Å². The van der Waals surface area contributed by atoms with Crippen LogP contribution in [-0.4, -0.2) is 11.7 Å². The molecule has 0 aromatic carbocycles. The molecule has 12 heavy (non-hydrogen) atoms. The molecule has 0 amide bonds. The van der Waals surface area contributed by atoms with Gasteiger partial charge in [0.15, 0.2) is 0 Å². The molecule has 0 saturated heterocycles. The summed E-state index contributed by atoms with van der Waals surface area (Å²) < 4.78 is 0. The van der Waals surface area contributed by atoms with Gasteiger partial charge in [-0.25, -0.2) is 0 Å². The summed E-state index contributed by atoms with van der Waals surface area (Å²) in [6.07, 6.45) is 2.67. The Balaban J connectivity index is 2.27. The fraction of sp³-hybridized carbons (Fsp3) is 1.00. The SMILES string of the molecule is CC1(C)CCC12C(CO)C2(C)C. The summed E-state index contributed by atoms with van der Waals surface area (Å²) in [6.45, 7) is 9.72. The zero-order valence-corrected chi connectivity index (χ0v) is 8.65. The van der Waals surface area contributed by atoms with E-state index in [9.17, 15) is 5.11 Å². The Morgan fingerprint density at radius 1 is 1.17 bits per heavy atom. The summed E-state index contributed by atoms with van der Waals surface area (Å²) in [5, 5.41) is 9.27. The maximum absolute atomic E-state index is 9.27. The van der Waals surface area contributed by atoms with E-state index >= 15 is 0 Å². The predicted octanol–water partition coefficient (Wildman–Crippen LogP) is 2.44. The van der Waals surface area contributed by atoms with Gasteiger partial charge in [-0.05, 0) is 35.0 Å². The van der Waals surface area contributed by atoms with E-state index in [1.54, 1.807) is 0 Å². The lowest BCUT2D eigenvalue weighted by Gasteiger charge is -2.49. The number of rotatable bonds is 1. The minimum absolute atomic E-state index is 0.385. The van der Waals surface area contributed by atoms with Gasteiger partial charge in [0.2, 0.25) is 0 Å². The second-order valence-corrected chi connectivity index (χ2v) is 5.81. The normalized spacial score (nSPS) is 47.2. The van der Waals surface area contributed by atoms with Crippen LogP contribution in [0.5, 0.6) is 0 Å². The van der Waals surface area contributed by atoms with Gasteiger partial charge in [0, 0.05) is 6.61 Å². The van der Waals surface area contributed by atoms with Gasteiger partial charge in [0.25, 0.3) is 0 Å². The average molecular weight is 168 g/mol. The Labute approximate surface area is 75.2 Å². The highest BCUT2D eigenvalue weighted by Crippen LogP contribution is 2.84. The third-order valence-corrected chi connectivity index (χ3v) is 5.07. The van der Waals surface area contributed by atoms with Crippen molar-refractivity contribution < 1.29 is 5.11 Å². The molecule has 0 aromatic rings. The quantitative estimate of drug-likeness (QED) is 0.637. The van der Waals surface area contributed by atoms with Gasteiger partial charge in [-0.15, -0.1) is 0 Å². The van der Waals surface area contributed by atoms with E-state index in [0.717, 1.165) is 0 Å². The highest BCUT2D eigenvalue weighted by atomic mass is 16.3. The highest BCUT2D eigenvalue weighted by molar-refractivity contribution is 5.26. The molecule has 0 aromatic heterocycles. The first-order valence-electron chi connectivity index (χ1n) is 5.01. The molecular formula is C11H20O. The smallest absolute Gasteiger partial charge is 0.0470 e. The van der Waals surface area contributed by atoms with Gasteiger partial charge in [0.05, 0.1) is 0 Å². The van der Waals surface area contributed by atoms with Gasteiger partial charge < -0.3 is 5.11 Å². The Morgan fingerprint density at radius 3 is 1.83 bits per heavy atom. The molecule has 2 rings (SSSR count). The molecular weight excluding hydrogens is 148 g/mol. The molecule has 2 aliphatic rings. The number of aliphatic hydroxyl groups excluding tert-OH is 1. The van der Waals surface area contributed by atoms with Crippen molar-refractivity contribution in [1.82, 2.24) is 0 Å². The van der Waals surface area contributed by atoms with Crippen molar-refractivity contribution in [2.75, 3.05) is 6.61 Å². The Bertz CT molecular complexity index is 217. The van der Waals surface area contributed by atoms with Crippen LogP contribution in [0.4, 0.5) is 0 Å². The van der Waals surface area contributed by atoms with Crippen molar-refractivity contribution in [2.45, 2.75) is 40.5 Å². The molecule has 70 valence electrons. The topological polar surface area (TPSA) is 20.2 Å². The van der Waals surface area contributed by atoms with Gasteiger partial charge in [0.1, 0.15) is 0 Å². The van der Waals surface area contributed by atoms with Crippen LogP contribution in [0.3, 0.4) is 0 Å². The van der Waals surface area contributed by atoms with E-state index in [1.807, 2.05) is 0 Å². The minimum atomic E-state index is 0.385. The fourth-order valence-electron chi connectivity index (χ4n) is 4.08. The molecule has 1 N–H and O–H groups in total. The van der Waals surface area contributed by atoms with Crippen molar-refractivity contribution in [3.05, 3.63) is 0 Å². The van der Waals surface area contributed by atoms with Gasteiger partial charge >= 0.3 is 0 Å². The van der Waals surface area contributed by atoms with E-state index in [0.29, 0.717) is 28.8 Å². The summed E-state index contributed by atoms with van der Waals surface area (Å²) >= 11 is 0. The van der Waals surface area contributed by atoms with E-state index < -0.39 is 0 Å². The summed E-state index contributed by atoms with van der Waals surface area (Å²) in [7, 11) is 0. The number of hydrogen-bond donors (Lipinski definition) is 1. The van der Waals surface area contributed by atoms with Crippen LogP contribution >= 0.6 is 0 Å². The monoisotopic (exact) mass is 168 g/mol. The second-order valence-electron chi connectivity index (χ2n) is 5.81. The van der Waals surface area contributed by atoms with Crippen LogP contribution in [0.25, 0.3) is 0 Å². The highest BCUT2D eigenvalue weighted by Gasteiger charge is 2.79. The van der Waals surface area contributed by atoms with E-state index in [1.165, 1.54) is 12.8 Å². The van der Waals surface area contributed by atoms with Crippen LogP contribution in [0.1, 0.15) is 40.5 Å². The van der Waals surface area contributed by atoms with Crippen LogP contribution in [-0.2, 0) is 0 Å². The van der Waals surface area contributed by atoms with Crippen LogP contribution in [0, 0.1) is 22.2 Å². The lowest BCUT2D eigenvalue weighted by atomic mass is 9.56. The summed E-state index contributed by atoms with van der Waals surface area (Å²) in [4.78, 5) is 0. The largest absolute Gasteiger partial charge is 0.396 e.